The second-order valence-electron chi connectivity index (χ2n) is 12.1. The van der Waals surface area contributed by atoms with Gasteiger partial charge in [-0.25, -0.2) is 4.79 Å². The van der Waals surface area contributed by atoms with Crippen LogP contribution < -0.4 is 27.0 Å². The number of aliphatic carboxylic acids is 1. The third kappa shape index (κ3) is 11.7. The number of rotatable bonds is 17. The van der Waals surface area contributed by atoms with Crippen LogP contribution in [0, 0.1) is 0 Å². The summed E-state index contributed by atoms with van der Waals surface area (Å²) >= 11 is 0. The fourth-order valence-electron chi connectivity index (χ4n) is 5.35. The average Bonchev–Trinajstić information content (AvgIpc) is 3.12. The van der Waals surface area contributed by atoms with Crippen LogP contribution in [0.4, 0.5) is 0 Å². The summed E-state index contributed by atoms with van der Waals surface area (Å²) in [5, 5.41) is 20.8. The molecule has 0 aromatic heterocycles. The number of hydrogen-bond acceptors (Lipinski definition) is 6. The molecule has 0 fully saturated rings. The minimum Gasteiger partial charge on any atom is -0.480 e. The molecule has 7 N–H and O–H groups in total. The van der Waals surface area contributed by atoms with E-state index >= 15 is 0 Å². The number of hydrogen-bond donors (Lipinski definition) is 6. The molecule has 0 saturated carbocycles. The number of carbonyl (C=O) groups is 5. The monoisotopic (exact) mass is 677 g/mol. The Balaban J connectivity index is 1.59. The molecular formula is C39H43N5O6. The van der Waals surface area contributed by atoms with Crippen LogP contribution in [0.2, 0.25) is 0 Å². The second kappa shape index (κ2) is 18.7. The Morgan fingerprint density at radius 3 is 0.960 bits per heavy atom. The van der Waals surface area contributed by atoms with Crippen molar-refractivity contribution in [3.8, 4) is 0 Å². The van der Waals surface area contributed by atoms with Crippen molar-refractivity contribution < 1.29 is 29.1 Å². The van der Waals surface area contributed by atoms with Crippen LogP contribution in [0.1, 0.15) is 29.2 Å². The number of benzene rings is 4. The number of nitrogens with one attached hydrogen (secondary N) is 4. The van der Waals surface area contributed by atoms with Gasteiger partial charge in [-0.1, -0.05) is 121 Å². The van der Waals surface area contributed by atoms with Crippen molar-refractivity contribution in [3.63, 3.8) is 0 Å². The summed E-state index contributed by atoms with van der Waals surface area (Å²) in [7, 11) is 0. The first-order valence-corrected chi connectivity index (χ1v) is 16.4. The molecule has 4 aromatic rings. The number of carboxylic acid groups (broad SMARTS) is 1. The fourth-order valence-corrected chi connectivity index (χ4v) is 5.35. The quantitative estimate of drug-likeness (QED) is 0.0993. The van der Waals surface area contributed by atoms with Crippen LogP contribution in [0.15, 0.2) is 121 Å². The van der Waals surface area contributed by atoms with Crippen LogP contribution >= 0.6 is 0 Å². The van der Waals surface area contributed by atoms with Crippen molar-refractivity contribution in [2.24, 2.45) is 5.73 Å². The number of nitrogens with two attached hydrogens (primary N) is 1. The second-order valence-corrected chi connectivity index (χ2v) is 12.1. The van der Waals surface area contributed by atoms with E-state index in [2.05, 4.69) is 21.3 Å². The van der Waals surface area contributed by atoms with Gasteiger partial charge in [0.25, 0.3) is 0 Å². The van der Waals surface area contributed by atoms with Crippen LogP contribution in [-0.4, -0.2) is 64.9 Å². The van der Waals surface area contributed by atoms with Gasteiger partial charge < -0.3 is 32.1 Å². The van der Waals surface area contributed by atoms with Crippen molar-refractivity contribution in [3.05, 3.63) is 144 Å². The molecule has 0 radical (unpaired) electrons. The third-order valence-corrected chi connectivity index (χ3v) is 8.06. The highest BCUT2D eigenvalue weighted by atomic mass is 16.4. The molecule has 0 heterocycles. The van der Waals surface area contributed by atoms with Gasteiger partial charge in [0.15, 0.2) is 0 Å². The van der Waals surface area contributed by atoms with Crippen molar-refractivity contribution in [1.29, 1.82) is 0 Å². The van der Waals surface area contributed by atoms with Gasteiger partial charge in [0, 0.05) is 25.7 Å². The lowest BCUT2D eigenvalue weighted by molar-refractivity contribution is -0.142. The van der Waals surface area contributed by atoms with Gasteiger partial charge in [0.1, 0.15) is 24.2 Å². The zero-order valence-corrected chi connectivity index (χ0v) is 27.8. The Bertz CT molecular complexity index is 1700. The predicted octanol–water partition coefficient (Wildman–Crippen LogP) is 2.33. The van der Waals surface area contributed by atoms with Gasteiger partial charge in [-0.15, -0.1) is 0 Å². The number of carbonyl (C=O) groups excluding carboxylic acids is 4. The smallest absolute Gasteiger partial charge is 0.326 e. The summed E-state index contributed by atoms with van der Waals surface area (Å²) in [6, 6.07) is 30.5. The minimum atomic E-state index is -1.26. The summed E-state index contributed by atoms with van der Waals surface area (Å²) < 4.78 is 0. The predicted molar refractivity (Wildman–Crippen MR) is 190 cm³/mol. The lowest BCUT2D eigenvalue weighted by Crippen LogP contribution is -2.59. The van der Waals surface area contributed by atoms with E-state index < -0.39 is 59.8 Å². The zero-order valence-electron chi connectivity index (χ0n) is 27.8. The molecule has 0 saturated heterocycles. The number of carboxylic acids is 1. The van der Waals surface area contributed by atoms with E-state index in [0.717, 1.165) is 22.3 Å². The summed E-state index contributed by atoms with van der Waals surface area (Å²) in [5.41, 5.74) is 8.76. The molecule has 50 heavy (non-hydrogen) atoms. The maximum absolute atomic E-state index is 14.1. The van der Waals surface area contributed by atoms with Crippen molar-refractivity contribution in [2.75, 3.05) is 0 Å². The van der Waals surface area contributed by atoms with E-state index in [0.29, 0.717) is 0 Å². The van der Waals surface area contributed by atoms with E-state index in [1.807, 2.05) is 48.5 Å². The zero-order chi connectivity index (χ0) is 35.9. The number of amides is 4. The molecule has 4 aromatic carbocycles. The lowest BCUT2D eigenvalue weighted by Gasteiger charge is -2.27. The Labute approximate surface area is 291 Å². The van der Waals surface area contributed by atoms with E-state index in [1.165, 1.54) is 6.92 Å². The maximum atomic E-state index is 14.1. The summed E-state index contributed by atoms with van der Waals surface area (Å²) in [6.07, 6.45) is 0.310. The van der Waals surface area contributed by atoms with Crippen LogP contribution in [0.3, 0.4) is 0 Å². The van der Waals surface area contributed by atoms with Crippen molar-refractivity contribution in [1.82, 2.24) is 21.3 Å². The van der Waals surface area contributed by atoms with Crippen molar-refractivity contribution in [2.45, 2.75) is 62.8 Å². The highest BCUT2D eigenvalue weighted by Crippen LogP contribution is 2.11. The van der Waals surface area contributed by atoms with Gasteiger partial charge in [-0.05, 0) is 29.2 Å². The SMILES string of the molecule is C[C@@H](N)C(=O)N[C@H](Cc1ccccc1)C(=O)N[C@H](Cc1ccccc1)C(=O)N[C@H](Cc1ccccc1)C(=O)N[C@H](Cc1ccccc1)C(=O)O. The Morgan fingerprint density at radius 1 is 0.460 bits per heavy atom. The molecule has 0 spiro atoms. The van der Waals surface area contributed by atoms with E-state index in [1.54, 1.807) is 72.8 Å². The van der Waals surface area contributed by atoms with Gasteiger partial charge in [0.2, 0.25) is 23.6 Å². The van der Waals surface area contributed by atoms with E-state index in [4.69, 9.17) is 5.73 Å². The molecule has 0 aliphatic heterocycles. The molecule has 4 amide bonds. The highest BCUT2D eigenvalue weighted by Gasteiger charge is 2.32. The lowest BCUT2D eigenvalue weighted by atomic mass is 10.0. The van der Waals surface area contributed by atoms with Gasteiger partial charge in [-0.2, -0.15) is 0 Å². The summed E-state index contributed by atoms with van der Waals surface area (Å²) in [6.45, 7) is 1.51. The van der Waals surface area contributed by atoms with Gasteiger partial charge in [-0.3, -0.25) is 19.2 Å². The van der Waals surface area contributed by atoms with Crippen LogP contribution in [0.5, 0.6) is 0 Å². The van der Waals surface area contributed by atoms with Crippen LogP contribution in [-0.2, 0) is 49.7 Å². The molecule has 0 aliphatic rings. The molecule has 11 nitrogen and oxygen atoms in total. The first kappa shape index (κ1) is 37.0. The van der Waals surface area contributed by atoms with E-state index in [-0.39, 0.29) is 25.7 Å². The van der Waals surface area contributed by atoms with E-state index in [9.17, 15) is 29.1 Å². The molecular weight excluding hydrogens is 634 g/mol. The molecule has 0 unspecified atom stereocenters. The molecule has 4 rings (SSSR count). The minimum absolute atomic E-state index is 0.0382. The van der Waals surface area contributed by atoms with Crippen molar-refractivity contribution >= 4 is 29.6 Å². The Morgan fingerprint density at radius 2 is 0.700 bits per heavy atom. The molecule has 11 heteroatoms. The largest absolute Gasteiger partial charge is 0.480 e. The fraction of sp³-hybridized carbons (Fsp3) is 0.256. The Kier molecular flexibility index (Phi) is 13.8. The highest BCUT2D eigenvalue weighted by molar-refractivity contribution is 5.95. The average molecular weight is 678 g/mol. The standard InChI is InChI=1S/C39H43N5O6/c1-26(40)35(45)41-31(22-27-14-6-2-7-15-27)36(46)42-32(23-28-16-8-3-9-17-28)37(47)43-33(24-29-18-10-4-11-19-29)38(48)44-34(39(49)50)25-30-20-12-5-13-21-30/h2-21,26,31-34H,22-25,40H2,1H3,(H,41,45)(H,42,46)(H,43,47)(H,44,48)(H,49,50)/t26-,31-,32-,33-,34-/m1/s1. The maximum Gasteiger partial charge on any atom is 0.326 e. The molecule has 260 valence electrons. The third-order valence-electron chi connectivity index (χ3n) is 8.06. The molecule has 0 bridgehead atoms. The Hall–Kier alpha value is -5.81. The molecule has 0 aliphatic carbocycles. The normalized spacial score (nSPS) is 13.8. The van der Waals surface area contributed by atoms with Crippen LogP contribution in [0.25, 0.3) is 0 Å². The summed E-state index contributed by atoms with van der Waals surface area (Å²) in [5.74, 6) is -3.73. The van der Waals surface area contributed by atoms with Gasteiger partial charge >= 0.3 is 5.97 Å². The first-order valence-electron chi connectivity index (χ1n) is 16.4. The molecule has 5 atom stereocenters. The first-order chi connectivity index (χ1) is 24.1. The topological polar surface area (TPSA) is 180 Å². The summed E-state index contributed by atoms with van der Waals surface area (Å²) in [4.78, 5) is 66.5. The van der Waals surface area contributed by atoms with Gasteiger partial charge in [0.05, 0.1) is 6.04 Å².